The zero-order valence-corrected chi connectivity index (χ0v) is 13.4. The number of hydrogen-bond donors (Lipinski definition) is 1. The van der Waals surface area contributed by atoms with Gasteiger partial charge in [0.1, 0.15) is 22.7 Å². The first kappa shape index (κ1) is 15.6. The standard InChI is InChI=1S/C18H19NO4/c1-17(2)18(3,21)16(22-13-6-5-12(20)9-13)14-8-11(10-19)4-7-15(14)23-17/h4,7-9,16,21H,5-6H2,1-3H3/t16-,18+/m0/s1. The van der Waals surface area contributed by atoms with Gasteiger partial charge in [-0.15, -0.1) is 0 Å². The minimum Gasteiger partial charge on any atom is -0.487 e. The minimum atomic E-state index is -1.33. The van der Waals surface area contributed by atoms with E-state index in [4.69, 9.17) is 14.7 Å². The molecule has 1 aromatic carbocycles. The summed E-state index contributed by atoms with van der Waals surface area (Å²) in [4.78, 5) is 11.4. The highest BCUT2D eigenvalue weighted by Gasteiger charge is 2.54. The Morgan fingerprint density at radius 3 is 2.70 bits per heavy atom. The van der Waals surface area contributed by atoms with Crippen LogP contribution in [0.4, 0.5) is 0 Å². The van der Waals surface area contributed by atoms with Crippen molar-refractivity contribution in [2.75, 3.05) is 0 Å². The maximum absolute atomic E-state index is 11.4. The number of ketones is 1. The average Bonchev–Trinajstić information content (AvgIpc) is 2.89. The number of hydrogen-bond acceptors (Lipinski definition) is 5. The van der Waals surface area contributed by atoms with E-state index in [9.17, 15) is 9.90 Å². The van der Waals surface area contributed by atoms with Crippen LogP contribution >= 0.6 is 0 Å². The Morgan fingerprint density at radius 2 is 2.09 bits per heavy atom. The Bertz CT molecular complexity index is 740. The number of nitrogens with zero attached hydrogens (tertiary/aromatic N) is 1. The van der Waals surface area contributed by atoms with Crippen LogP contribution in [0.5, 0.6) is 5.75 Å². The van der Waals surface area contributed by atoms with E-state index in [0.717, 1.165) is 0 Å². The van der Waals surface area contributed by atoms with Gasteiger partial charge in [-0.1, -0.05) is 0 Å². The van der Waals surface area contributed by atoms with Crippen molar-refractivity contribution in [1.82, 2.24) is 0 Å². The van der Waals surface area contributed by atoms with Gasteiger partial charge in [0.15, 0.2) is 11.9 Å². The first-order valence-electron chi connectivity index (χ1n) is 7.60. The monoisotopic (exact) mass is 313 g/mol. The van der Waals surface area contributed by atoms with Crippen molar-refractivity contribution in [2.24, 2.45) is 0 Å². The normalized spacial score (nSPS) is 28.4. The van der Waals surface area contributed by atoms with Crippen LogP contribution in [-0.2, 0) is 9.53 Å². The first-order chi connectivity index (χ1) is 10.7. The molecule has 0 bridgehead atoms. The fourth-order valence-electron chi connectivity index (χ4n) is 2.91. The van der Waals surface area contributed by atoms with Crippen LogP contribution in [0.3, 0.4) is 0 Å². The summed E-state index contributed by atoms with van der Waals surface area (Å²) < 4.78 is 11.9. The Morgan fingerprint density at radius 1 is 1.35 bits per heavy atom. The summed E-state index contributed by atoms with van der Waals surface area (Å²) >= 11 is 0. The Balaban J connectivity index is 2.08. The molecule has 2 atom stereocenters. The second-order valence-corrected chi connectivity index (χ2v) is 6.70. The third-order valence-electron chi connectivity index (χ3n) is 4.72. The summed E-state index contributed by atoms with van der Waals surface area (Å²) in [6, 6.07) is 7.14. The molecule has 120 valence electrons. The molecule has 1 N–H and O–H groups in total. The van der Waals surface area contributed by atoms with Crippen molar-refractivity contribution in [2.45, 2.75) is 50.9 Å². The predicted molar refractivity (Wildman–Crippen MR) is 82.6 cm³/mol. The van der Waals surface area contributed by atoms with Gasteiger partial charge in [-0.25, -0.2) is 0 Å². The van der Waals surface area contributed by atoms with Gasteiger partial charge >= 0.3 is 0 Å². The van der Waals surface area contributed by atoms with E-state index in [1.165, 1.54) is 6.08 Å². The maximum Gasteiger partial charge on any atom is 0.159 e. The fourth-order valence-corrected chi connectivity index (χ4v) is 2.91. The zero-order chi connectivity index (χ0) is 16.8. The number of carbonyl (C=O) groups is 1. The molecule has 0 unspecified atom stereocenters. The van der Waals surface area contributed by atoms with E-state index >= 15 is 0 Å². The molecular weight excluding hydrogens is 294 g/mol. The number of carbonyl (C=O) groups excluding carboxylic acids is 1. The van der Waals surface area contributed by atoms with Gasteiger partial charge in [0, 0.05) is 24.5 Å². The Labute approximate surface area is 135 Å². The molecule has 1 heterocycles. The fraction of sp³-hybridized carbons (Fsp3) is 0.444. The summed E-state index contributed by atoms with van der Waals surface area (Å²) in [5, 5.41) is 20.2. The number of ether oxygens (including phenoxy) is 2. The molecule has 1 aliphatic carbocycles. The second-order valence-electron chi connectivity index (χ2n) is 6.70. The first-order valence-corrected chi connectivity index (χ1v) is 7.60. The molecule has 0 aromatic heterocycles. The number of nitriles is 1. The number of rotatable bonds is 2. The number of aliphatic hydroxyl groups is 1. The molecule has 0 amide bonds. The zero-order valence-electron chi connectivity index (χ0n) is 13.4. The van der Waals surface area contributed by atoms with Crippen LogP contribution in [0.1, 0.15) is 50.8 Å². The molecule has 1 aliphatic heterocycles. The lowest BCUT2D eigenvalue weighted by Crippen LogP contribution is -2.58. The lowest BCUT2D eigenvalue weighted by atomic mass is 9.77. The highest BCUT2D eigenvalue weighted by molar-refractivity contribution is 5.92. The van der Waals surface area contributed by atoms with Gasteiger partial charge in [-0.05, 0) is 39.0 Å². The maximum atomic E-state index is 11.4. The van der Waals surface area contributed by atoms with Crippen LogP contribution in [0, 0.1) is 11.3 Å². The van der Waals surface area contributed by atoms with Crippen molar-refractivity contribution < 1.29 is 19.4 Å². The van der Waals surface area contributed by atoms with Crippen molar-refractivity contribution >= 4 is 5.78 Å². The molecular formula is C18H19NO4. The van der Waals surface area contributed by atoms with Crippen molar-refractivity contribution in [3.05, 3.63) is 41.2 Å². The molecule has 0 spiro atoms. The van der Waals surface area contributed by atoms with E-state index in [2.05, 4.69) is 6.07 Å². The largest absolute Gasteiger partial charge is 0.487 e. The molecule has 1 aromatic rings. The van der Waals surface area contributed by atoms with E-state index in [1.54, 1.807) is 39.0 Å². The molecule has 0 saturated heterocycles. The molecule has 0 saturated carbocycles. The van der Waals surface area contributed by atoms with Gasteiger partial charge in [-0.3, -0.25) is 4.79 Å². The van der Waals surface area contributed by atoms with Gasteiger partial charge < -0.3 is 14.6 Å². The minimum absolute atomic E-state index is 0.0250. The molecule has 0 radical (unpaired) electrons. The van der Waals surface area contributed by atoms with Crippen LogP contribution in [-0.4, -0.2) is 22.1 Å². The molecule has 23 heavy (non-hydrogen) atoms. The lowest BCUT2D eigenvalue weighted by molar-refractivity contribution is -0.188. The summed E-state index contributed by atoms with van der Waals surface area (Å²) in [6.07, 6.45) is 1.72. The summed E-state index contributed by atoms with van der Waals surface area (Å²) in [6.45, 7) is 5.23. The summed E-state index contributed by atoms with van der Waals surface area (Å²) in [5.41, 5.74) is -1.13. The number of fused-ring (bicyclic) bond motifs is 1. The molecule has 5 nitrogen and oxygen atoms in total. The molecule has 5 heteroatoms. The van der Waals surface area contributed by atoms with Crippen LogP contribution < -0.4 is 4.74 Å². The number of benzene rings is 1. The van der Waals surface area contributed by atoms with Gasteiger partial charge in [0.2, 0.25) is 0 Å². The third kappa shape index (κ3) is 2.49. The van der Waals surface area contributed by atoms with E-state index in [0.29, 0.717) is 35.5 Å². The average molecular weight is 313 g/mol. The van der Waals surface area contributed by atoms with Crippen molar-refractivity contribution in [3.63, 3.8) is 0 Å². The quantitative estimate of drug-likeness (QED) is 0.908. The number of allylic oxidation sites excluding steroid dienone is 2. The van der Waals surface area contributed by atoms with E-state index in [-0.39, 0.29) is 5.78 Å². The van der Waals surface area contributed by atoms with E-state index in [1.807, 2.05) is 0 Å². The highest BCUT2D eigenvalue weighted by atomic mass is 16.6. The molecule has 2 aliphatic rings. The SMILES string of the molecule is CC1(C)Oc2ccc(C#N)cc2[C@H](OC2=CC(=O)CC2)[C@@]1(C)O. The van der Waals surface area contributed by atoms with Crippen LogP contribution in [0.15, 0.2) is 30.0 Å². The summed E-state index contributed by atoms with van der Waals surface area (Å²) in [5.74, 6) is 1.17. The second kappa shape index (κ2) is 5.10. The highest BCUT2D eigenvalue weighted by Crippen LogP contribution is 2.49. The molecule has 3 rings (SSSR count). The van der Waals surface area contributed by atoms with Crippen molar-refractivity contribution in [3.8, 4) is 11.8 Å². The van der Waals surface area contributed by atoms with Gasteiger partial charge in [0.05, 0.1) is 11.6 Å². The smallest absolute Gasteiger partial charge is 0.159 e. The van der Waals surface area contributed by atoms with Gasteiger partial charge in [-0.2, -0.15) is 5.26 Å². The van der Waals surface area contributed by atoms with E-state index < -0.39 is 17.3 Å². The third-order valence-corrected chi connectivity index (χ3v) is 4.72. The lowest BCUT2D eigenvalue weighted by Gasteiger charge is -2.49. The van der Waals surface area contributed by atoms with Crippen LogP contribution in [0.2, 0.25) is 0 Å². The van der Waals surface area contributed by atoms with Crippen LogP contribution in [0.25, 0.3) is 0 Å². The van der Waals surface area contributed by atoms with Gasteiger partial charge in [0.25, 0.3) is 0 Å². The molecule has 0 fully saturated rings. The Hall–Kier alpha value is -2.32. The van der Waals surface area contributed by atoms with Crippen molar-refractivity contribution in [1.29, 1.82) is 5.26 Å². The predicted octanol–water partition coefficient (Wildman–Crippen LogP) is 2.78. The topological polar surface area (TPSA) is 79.5 Å². The summed E-state index contributed by atoms with van der Waals surface area (Å²) in [7, 11) is 0. The Kier molecular flexibility index (Phi) is 3.46.